The molecule has 0 aliphatic carbocycles. The summed E-state index contributed by atoms with van der Waals surface area (Å²) < 4.78 is 5.40. The lowest BCUT2D eigenvalue weighted by Gasteiger charge is -2.05. The van der Waals surface area contributed by atoms with Crippen molar-refractivity contribution in [3.63, 3.8) is 0 Å². The number of aliphatic hydroxyl groups excluding tert-OH is 1. The average Bonchev–Trinajstić information content (AvgIpc) is 2.81. The summed E-state index contributed by atoms with van der Waals surface area (Å²) in [5.41, 5.74) is 1.68. The summed E-state index contributed by atoms with van der Waals surface area (Å²) in [5, 5.41) is 20.9. The molecule has 0 spiro atoms. The third-order valence-corrected chi connectivity index (χ3v) is 2.88. The highest BCUT2D eigenvalue weighted by Crippen LogP contribution is 2.20. The monoisotopic (exact) mass is 277 g/mol. The van der Waals surface area contributed by atoms with Gasteiger partial charge in [0, 0.05) is 18.4 Å². The van der Waals surface area contributed by atoms with Crippen LogP contribution in [0.25, 0.3) is 11.0 Å². The van der Waals surface area contributed by atoms with Gasteiger partial charge in [-0.25, -0.2) is 4.79 Å². The second kappa shape index (κ2) is 5.75. The Kier molecular flexibility index (Phi) is 4.05. The molecule has 1 amide bonds. The molecule has 6 heteroatoms. The van der Waals surface area contributed by atoms with Gasteiger partial charge in [-0.05, 0) is 25.1 Å². The SMILES string of the molecule is Cc1ccc2oc(C(=O)NCCC(O)C(=O)O)cc2c1. The fourth-order valence-corrected chi connectivity index (χ4v) is 1.81. The number of nitrogens with one attached hydrogen (secondary N) is 1. The molecule has 1 unspecified atom stereocenters. The number of carbonyl (C=O) groups excluding carboxylic acids is 1. The van der Waals surface area contributed by atoms with E-state index in [1.54, 1.807) is 12.1 Å². The third-order valence-electron chi connectivity index (χ3n) is 2.88. The highest BCUT2D eigenvalue weighted by Gasteiger charge is 2.15. The molecule has 0 fully saturated rings. The Morgan fingerprint density at radius 3 is 2.80 bits per heavy atom. The minimum absolute atomic E-state index is 0.0551. The van der Waals surface area contributed by atoms with Crippen LogP contribution in [0.5, 0.6) is 0 Å². The lowest BCUT2D eigenvalue weighted by molar-refractivity contribution is -0.146. The van der Waals surface area contributed by atoms with E-state index >= 15 is 0 Å². The summed E-state index contributed by atoms with van der Waals surface area (Å²) in [5.74, 6) is -1.58. The maximum Gasteiger partial charge on any atom is 0.332 e. The van der Waals surface area contributed by atoms with Crippen LogP contribution in [-0.2, 0) is 4.79 Å². The van der Waals surface area contributed by atoms with E-state index in [0.717, 1.165) is 10.9 Å². The number of carbonyl (C=O) groups is 2. The molecule has 1 aromatic heterocycles. The molecule has 6 nitrogen and oxygen atoms in total. The number of carboxylic acid groups (broad SMARTS) is 1. The molecule has 0 radical (unpaired) electrons. The first-order chi connectivity index (χ1) is 9.47. The zero-order valence-electron chi connectivity index (χ0n) is 10.9. The van der Waals surface area contributed by atoms with Crippen molar-refractivity contribution in [1.29, 1.82) is 0 Å². The molecule has 2 aromatic rings. The highest BCUT2D eigenvalue weighted by molar-refractivity contribution is 5.96. The smallest absolute Gasteiger partial charge is 0.332 e. The van der Waals surface area contributed by atoms with Gasteiger partial charge in [0.25, 0.3) is 5.91 Å². The van der Waals surface area contributed by atoms with Gasteiger partial charge < -0.3 is 19.9 Å². The third kappa shape index (κ3) is 3.16. The van der Waals surface area contributed by atoms with Crippen LogP contribution in [0.15, 0.2) is 28.7 Å². The lowest BCUT2D eigenvalue weighted by atomic mass is 10.2. The van der Waals surface area contributed by atoms with Crippen LogP contribution in [0.1, 0.15) is 22.5 Å². The van der Waals surface area contributed by atoms with Crippen molar-refractivity contribution in [3.8, 4) is 0 Å². The van der Waals surface area contributed by atoms with E-state index in [1.165, 1.54) is 0 Å². The van der Waals surface area contributed by atoms with Crippen LogP contribution < -0.4 is 5.32 Å². The molecule has 0 saturated carbocycles. The van der Waals surface area contributed by atoms with Crippen LogP contribution in [0.3, 0.4) is 0 Å². The highest BCUT2D eigenvalue weighted by atomic mass is 16.4. The Morgan fingerprint density at radius 1 is 1.35 bits per heavy atom. The number of fused-ring (bicyclic) bond motifs is 1. The first-order valence-corrected chi connectivity index (χ1v) is 6.16. The molecule has 1 atom stereocenters. The minimum atomic E-state index is -1.48. The Balaban J connectivity index is 1.99. The molecule has 1 aromatic carbocycles. The molecular weight excluding hydrogens is 262 g/mol. The van der Waals surface area contributed by atoms with E-state index in [2.05, 4.69) is 5.32 Å². The van der Waals surface area contributed by atoms with Gasteiger partial charge in [0.1, 0.15) is 5.58 Å². The molecule has 0 aliphatic rings. The van der Waals surface area contributed by atoms with Gasteiger partial charge in [-0.2, -0.15) is 0 Å². The largest absolute Gasteiger partial charge is 0.479 e. The number of hydrogen-bond acceptors (Lipinski definition) is 4. The molecule has 2 rings (SSSR count). The van der Waals surface area contributed by atoms with Gasteiger partial charge in [0.15, 0.2) is 11.9 Å². The molecule has 1 heterocycles. The molecule has 3 N–H and O–H groups in total. The number of aryl methyl sites for hydroxylation is 1. The molecular formula is C14H15NO5. The van der Waals surface area contributed by atoms with Crippen molar-refractivity contribution < 1.29 is 24.2 Å². The average molecular weight is 277 g/mol. The van der Waals surface area contributed by atoms with Crippen LogP contribution in [0.4, 0.5) is 0 Å². The van der Waals surface area contributed by atoms with E-state index in [1.807, 2.05) is 19.1 Å². The van der Waals surface area contributed by atoms with Crippen LogP contribution in [0.2, 0.25) is 0 Å². The van der Waals surface area contributed by atoms with Crippen molar-refractivity contribution in [3.05, 3.63) is 35.6 Å². The molecule has 106 valence electrons. The Hall–Kier alpha value is -2.34. The van der Waals surface area contributed by atoms with Gasteiger partial charge in [-0.15, -0.1) is 0 Å². The van der Waals surface area contributed by atoms with Crippen molar-refractivity contribution in [2.24, 2.45) is 0 Å². The van der Waals surface area contributed by atoms with E-state index in [4.69, 9.17) is 14.6 Å². The molecule has 0 saturated heterocycles. The van der Waals surface area contributed by atoms with Crippen LogP contribution in [0, 0.1) is 6.92 Å². The van der Waals surface area contributed by atoms with Crippen molar-refractivity contribution >= 4 is 22.8 Å². The van der Waals surface area contributed by atoms with Crippen molar-refractivity contribution in [1.82, 2.24) is 5.32 Å². The summed E-state index contributed by atoms with van der Waals surface area (Å²) in [7, 11) is 0. The number of hydrogen-bond donors (Lipinski definition) is 3. The Labute approximate surface area is 115 Å². The quantitative estimate of drug-likeness (QED) is 0.765. The molecule has 0 bridgehead atoms. The fourth-order valence-electron chi connectivity index (χ4n) is 1.81. The topological polar surface area (TPSA) is 99.8 Å². The van der Waals surface area contributed by atoms with Crippen molar-refractivity contribution in [2.75, 3.05) is 6.54 Å². The number of furan rings is 1. The zero-order chi connectivity index (χ0) is 14.7. The van der Waals surface area contributed by atoms with E-state index in [-0.39, 0.29) is 18.7 Å². The van der Waals surface area contributed by atoms with Crippen LogP contribution in [-0.4, -0.2) is 34.7 Å². The predicted octanol–water partition coefficient (Wildman–Crippen LogP) is 1.31. The standard InChI is InChI=1S/C14H15NO5/c1-8-2-3-11-9(6-8)7-12(20-11)13(17)15-5-4-10(16)14(18)19/h2-3,6-7,10,16H,4-5H2,1H3,(H,15,17)(H,18,19). The Morgan fingerprint density at radius 2 is 2.10 bits per heavy atom. The minimum Gasteiger partial charge on any atom is -0.479 e. The van der Waals surface area contributed by atoms with Gasteiger partial charge in [-0.3, -0.25) is 4.79 Å². The summed E-state index contributed by atoms with van der Waals surface area (Å²) in [6.45, 7) is 2.00. The van der Waals surface area contributed by atoms with Gasteiger partial charge in [0.05, 0.1) is 0 Å². The molecule has 0 aliphatic heterocycles. The van der Waals surface area contributed by atoms with Gasteiger partial charge >= 0.3 is 5.97 Å². The van der Waals surface area contributed by atoms with E-state index < -0.39 is 18.0 Å². The van der Waals surface area contributed by atoms with Crippen molar-refractivity contribution in [2.45, 2.75) is 19.4 Å². The predicted molar refractivity (Wildman–Crippen MR) is 71.5 cm³/mol. The maximum absolute atomic E-state index is 11.8. The fraction of sp³-hybridized carbons (Fsp3) is 0.286. The van der Waals surface area contributed by atoms with Crippen LogP contribution >= 0.6 is 0 Å². The summed E-state index contributed by atoms with van der Waals surface area (Å²) in [4.78, 5) is 22.2. The number of aliphatic carboxylic acids is 1. The number of rotatable bonds is 5. The van der Waals surface area contributed by atoms with E-state index in [0.29, 0.717) is 5.58 Å². The molecule has 20 heavy (non-hydrogen) atoms. The number of amides is 1. The van der Waals surface area contributed by atoms with Gasteiger partial charge in [0.2, 0.25) is 0 Å². The second-order valence-corrected chi connectivity index (χ2v) is 4.55. The number of aliphatic hydroxyl groups is 1. The lowest BCUT2D eigenvalue weighted by Crippen LogP contribution is -2.29. The first kappa shape index (κ1) is 14.1. The Bertz CT molecular complexity index is 646. The first-order valence-electron chi connectivity index (χ1n) is 6.16. The zero-order valence-corrected chi connectivity index (χ0v) is 10.9. The van der Waals surface area contributed by atoms with Gasteiger partial charge in [-0.1, -0.05) is 11.6 Å². The summed E-state index contributed by atoms with van der Waals surface area (Å²) in [6, 6.07) is 7.21. The second-order valence-electron chi connectivity index (χ2n) is 4.55. The maximum atomic E-state index is 11.8. The normalized spacial score (nSPS) is 12.3. The summed E-state index contributed by atoms with van der Waals surface area (Å²) in [6.07, 6.45) is -1.53. The summed E-state index contributed by atoms with van der Waals surface area (Å²) >= 11 is 0. The van der Waals surface area contributed by atoms with E-state index in [9.17, 15) is 9.59 Å². The number of carboxylic acids is 1. The number of benzene rings is 1.